The summed E-state index contributed by atoms with van der Waals surface area (Å²) in [4.78, 5) is 26.0. The number of hydrogen-bond donors (Lipinski definition) is 1. The van der Waals surface area contributed by atoms with Crippen molar-refractivity contribution in [3.8, 4) is 11.3 Å². The van der Waals surface area contributed by atoms with Gasteiger partial charge in [0.05, 0.1) is 12.1 Å². The normalized spacial score (nSPS) is 10.6. The molecule has 0 aliphatic rings. The molecule has 1 heterocycles. The molecule has 150 valence electrons. The number of carbonyl (C=O) groups excluding carboxylic acids is 2. The third-order valence-corrected chi connectivity index (χ3v) is 4.69. The van der Waals surface area contributed by atoms with Crippen LogP contribution in [0.4, 0.5) is 0 Å². The summed E-state index contributed by atoms with van der Waals surface area (Å²) in [7, 11) is 3.38. The Hall–Kier alpha value is -3.12. The van der Waals surface area contributed by atoms with Crippen LogP contribution < -0.4 is 5.32 Å². The van der Waals surface area contributed by atoms with E-state index in [2.05, 4.69) is 10.4 Å². The van der Waals surface area contributed by atoms with Gasteiger partial charge in [-0.3, -0.25) is 14.3 Å². The van der Waals surface area contributed by atoms with Gasteiger partial charge >= 0.3 is 0 Å². The Bertz CT molecular complexity index is 982. The second-order valence-corrected chi connectivity index (χ2v) is 7.31. The Balaban J connectivity index is 1.84. The molecule has 0 atom stereocenters. The third kappa shape index (κ3) is 5.45. The minimum atomic E-state index is -0.263. The average Bonchev–Trinajstić information content (AvgIpc) is 3.13. The third-order valence-electron chi connectivity index (χ3n) is 4.43. The number of hydrogen-bond acceptors (Lipinski definition) is 3. The van der Waals surface area contributed by atoms with E-state index >= 15 is 0 Å². The number of halogens is 1. The molecular formula is C22H23ClN4O2. The second kappa shape index (κ2) is 9.39. The summed E-state index contributed by atoms with van der Waals surface area (Å²) in [6.07, 6.45) is 1.98. The first-order valence-corrected chi connectivity index (χ1v) is 9.67. The second-order valence-electron chi connectivity index (χ2n) is 6.88. The van der Waals surface area contributed by atoms with E-state index in [4.69, 9.17) is 11.6 Å². The summed E-state index contributed by atoms with van der Waals surface area (Å²) >= 11 is 6.00. The molecule has 6 nitrogen and oxygen atoms in total. The Morgan fingerprint density at radius 3 is 2.41 bits per heavy atom. The van der Waals surface area contributed by atoms with Gasteiger partial charge in [0.2, 0.25) is 5.91 Å². The molecule has 0 saturated heterocycles. The minimum Gasteiger partial charge on any atom is -0.351 e. The highest BCUT2D eigenvalue weighted by atomic mass is 35.5. The number of amides is 2. The lowest BCUT2D eigenvalue weighted by Gasteiger charge is -2.10. The smallest absolute Gasteiger partial charge is 0.255 e. The van der Waals surface area contributed by atoms with E-state index in [1.807, 2.05) is 42.5 Å². The van der Waals surface area contributed by atoms with Crippen LogP contribution in [-0.2, 0) is 11.3 Å². The van der Waals surface area contributed by atoms with Gasteiger partial charge in [-0.25, -0.2) is 0 Å². The van der Waals surface area contributed by atoms with Crippen molar-refractivity contribution in [3.05, 3.63) is 76.9 Å². The molecule has 7 heteroatoms. The zero-order valence-corrected chi connectivity index (χ0v) is 17.2. The Morgan fingerprint density at radius 1 is 1.07 bits per heavy atom. The highest BCUT2D eigenvalue weighted by molar-refractivity contribution is 6.30. The highest BCUT2D eigenvalue weighted by Gasteiger charge is 2.18. The van der Waals surface area contributed by atoms with E-state index in [0.29, 0.717) is 22.8 Å². The Morgan fingerprint density at radius 2 is 1.76 bits per heavy atom. The summed E-state index contributed by atoms with van der Waals surface area (Å²) in [5, 5.41) is 8.07. The molecule has 0 aliphatic heterocycles. The van der Waals surface area contributed by atoms with E-state index in [0.717, 1.165) is 11.1 Å². The maximum absolute atomic E-state index is 12.8. The Kier molecular flexibility index (Phi) is 6.67. The number of nitrogens with zero attached hydrogens (tertiary/aromatic N) is 3. The predicted octanol–water partition coefficient (Wildman–Crippen LogP) is 3.46. The molecule has 0 aliphatic carbocycles. The largest absolute Gasteiger partial charge is 0.351 e. The lowest BCUT2D eigenvalue weighted by Crippen LogP contribution is -2.30. The van der Waals surface area contributed by atoms with Crippen molar-refractivity contribution in [2.24, 2.45) is 0 Å². The predicted molar refractivity (Wildman–Crippen MR) is 114 cm³/mol. The number of benzene rings is 2. The summed E-state index contributed by atoms with van der Waals surface area (Å²) < 4.78 is 1.75. The van der Waals surface area contributed by atoms with Gasteiger partial charge in [-0.05, 0) is 17.7 Å². The van der Waals surface area contributed by atoms with Gasteiger partial charge in [0.25, 0.3) is 5.91 Å². The number of carbonyl (C=O) groups is 2. The van der Waals surface area contributed by atoms with Crippen molar-refractivity contribution < 1.29 is 9.59 Å². The fourth-order valence-electron chi connectivity index (χ4n) is 2.86. The molecule has 0 radical (unpaired) electrons. The van der Waals surface area contributed by atoms with E-state index in [1.54, 1.807) is 37.1 Å². The van der Waals surface area contributed by atoms with Crippen LogP contribution in [0.5, 0.6) is 0 Å². The van der Waals surface area contributed by atoms with Gasteiger partial charge in [0.1, 0.15) is 5.69 Å². The van der Waals surface area contributed by atoms with Crippen LogP contribution in [0.15, 0.2) is 60.8 Å². The number of rotatable bonds is 7. The quantitative estimate of drug-likeness (QED) is 0.648. The van der Waals surface area contributed by atoms with Crippen LogP contribution in [-0.4, -0.2) is 47.1 Å². The summed E-state index contributed by atoms with van der Waals surface area (Å²) in [6, 6.07) is 17.1. The molecule has 3 aromatic rings. The zero-order chi connectivity index (χ0) is 20.8. The standard InChI is InChI=1S/C22H23ClN4O2/c1-26(2)20(28)12-13-24-22(29)19-15-27(14-16-6-4-3-5-7-16)25-21(19)17-8-10-18(23)11-9-17/h3-11,15H,12-14H2,1-2H3,(H,24,29). The van der Waals surface area contributed by atoms with Crippen LogP contribution in [0.25, 0.3) is 11.3 Å². The number of nitrogens with one attached hydrogen (secondary N) is 1. The molecule has 0 spiro atoms. The lowest BCUT2D eigenvalue weighted by molar-refractivity contribution is -0.128. The first-order valence-electron chi connectivity index (χ1n) is 9.29. The highest BCUT2D eigenvalue weighted by Crippen LogP contribution is 2.24. The van der Waals surface area contributed by atoms with Gasteiger partial charge in [0, 0.05) is 43.8 Å². The summed E-state index contributed by atoms with van der Waals surface area (Å²) in [5.41, 5.74) is 2.92. The van der Waals surface area contributed by atoms with E-state index in [-0.39, 0.29) is 24.8 Å². The van der Waals surface area contributed by atoms with Crippen LogP contribution >= 0.6 is 11.6 Å². The van der Waals surface area contributed by atoms with Gasteiger partial charge in [-0.2, -0.15) is 5.10 Å². The fraction of sp³-hybridized carbons (Fsp3) is 0.227. The van der Waals surface area contributed by atoms with Crippen molar-refractivity contribution >= 4 is 23.4 Å². The van der Waals surface area contributed by atoms with E-state index in [1.165, 1.54) is 4.90 Å². The van der Waals surface area contributed by atoms with Crippen LogP contribution in [0.1, 0.15) is 22.3 Å². The van der Waals surface area contributed by atoms with Gasteiger partial charge < -0.3 is 10.2 Å². The SMILES string of the molecule is CN(C)C(=O)CCNC(=O)c1cn(Cc2ccccc2)nc1-c1ccc(Cl)cc1. The monoisotopic (exact) mass is 410 g/mol. The molecule has 0 saturated carbocycles. The average molecular weight is 411 g/mol. The fourth-order valence-corrected chi connectivity index (χ4v) is 2.99. The number of aromatic nitrogens is 2. The van der Waals surface area contributed by atoms with Crippen LogP contribution in [0.2, 0.25) is 5.02 Å². The molecule has 0 fully saturated rings. The van der Waals surface area contributed by atoms with Crippen molar-refractivity contribution in [1.82, 2.24) is 20.0 Å². The summed E-state index contributed by atoms with van der Waals surface area (Å²) in [6.45, 7) is 0.813. The molecule has 1 aromatic heterocycles. The molecule has 0 bridgehead atoms. The van der Waals surface area contributed by atoms with Gasteiger partial charge in [-0.1, -0.05) is 54.1 Å². The van der Waals surface area contributed by atoms with E-state index < -0.39 is 0 Å². The maximum Gasteiger partial charge on any atom is 0.255 e. The molecule has 29 heavy (non-hydrogen) atoms. The van der Waals surface area contributed by atoms with Crippen molar-refractivity contribution in [2.45, 2.75) is 13.0 Å². The van der Waals surface area contributed by atoms with Gasteiger partial charge in [-0.15, -0.1) is 0 Å². The first-order chi connectivity index (χ1) is 13.9. The zero-order valence-electron chi connectivity index (χ0n) is 16.4. The van der Waals surface area contributed by atoms with Crippen molar-refractivity contribution in [3.63, 3.8) is 0 Å². The molecular weight excluding hydrogens is 388 g/mol. The van der Waals surface area contributed by atoms with Crippen LogP contribution in [0.3, 0.4) is 0 Å². The minimum absolute atomic E-state index is 0.0389. The Labute approximate surface area is 175 Å². The van der Waals surface area contributed by atoms with Crippen molar-refractivity contribution in [1.29, 1.82) is 0 Å². The maximum atomic E-state index is 12.8. The first kappa shape index (κ1) is 20.6. The lowest BCUT2D eigenvalue weighted by atomic mass is 10.1. The van der Waals surface area contributed by atoms with Crippen molar-refractivity contribution in [2.75, 3.05) is 20.6 Å². The topological polar surface area (TPSA) is 67.2 Å². The van der Waals surface area contributed by atoms with Gasteiger partial charge in [0.15, 0.2) is 0 Å². The summed E-state index contributed by atoms with van der Waals surface area (Å²) in [5.74, 6) is -0.302. The van der Waals surface area contributed by atoms with Crippen LogP contribution in [0, 0.1) is 0 Å². The molecule has 3 rings (SSSR count). The van der Waals surface area contributed by atoms with E-state index in [9.17, 15) is 9.59 Å². The molecule has 1 N–H and O–H groups in total. The molecule has 0 unspecified atom stereocenters. The molecule has 2 amide bonds. The molecule has 2 aromatic carbocycles.